The summed E-state index contributed by atoms with van der Waals surface area (Å²) < 4.78 is 0. The maximum absolute atomic E-state index is 12.5. The first-order valence-electron chi connectivity index (χ1n) is 7.08. The van der Waals surface area contributed by atoms with Crippen LogP contribution >= 0.6 is 11.3 Å². The zero-order valence-corrected chi connectivity index (χ0v) is 13.0. The van der Waals surface area contributed by atoms with E-state index in [1.807, 2.05) is 19.9 Å². The van der Waals surface area contributed by atoms with Crippen LogP contribution in [0.15, 0.2) is 6.07 Å². The fourth-order valence-corrected chi connectivity index (χ4v) is 3.87. The van der Waals surface area contributed by atoms with Gasteiger partial charge in [0.1, 0.15) is 0 Å². The first-order chi connectivity index (χ1) is 9.45. The number of carboxylic acids is 1. The lowest BCUT2D eigenvalue weighted by atomic mass is 10.0. The summed E-state index contributed by atoms with van der Waals surface area (Å²) in [7, 11) is 0. The quantitative estimate of drug-likeness (QED) is 0.929. The van der Waals surface area contributed by atoms with Gasteiger partial charge in [-0.05, 0) is 38.3 Å². The molecule has 1 aliphatic heterocycles. The molecule has 1 aliphatic rings. The van der Waals surface area contributed by atoms with Crippen LogP contribution in [0.4, 0.5) is 0 Å². The number of carbonyl (C=O) groups excluding carboxylic acids is 1. The molecule has 110 valence electrons. The van der Waals surface area contributed by atoms with Crippen LogP contribution in [0.3, 0.4) is 0 Å². The second-order valence-corrected chi connectivity index (χ2v) is 6.67. The number of hydrogen-bond acceptors (Lipinski definition) is 3. The van der Waals surface area contributed by atoms with Crippen LogP contribution < -0.4 is 0 Å². The fourth-order valence-electron chi connectivity index (χ4n) is 2.84. The molecule has 0 radical (unpaired) electrons. The Hall–Kier alpha value is -1.36. The Labute approximate surface area is 123 Å². The van der Waals surface area contributed by atoms with Crippen LogP contribution in [-0.2, 0) is 11.2 Å². The molecule has 1 amide bonds. The summed E-state index contributed by atoms with van der Waals surface area (Å²) in [6.07, 6.45) is 2.60. The van der Waals surface area contributed by atoms with E-state index in [4.69, 9.17) is 5.11 Å². The molecule has 1 aromatic rings. The van der Waals surface area contributed by atoms with Gasteiger partial charge in [0, 0.05) is 17.5 Å². The number of thiophene rings is 1. The van der Waals surface area contributed by atoms with Crippen molar-refractivity contribution in [2.75, 3.05) is 6.54 Å². The lowest BCUT2D eigenvalue weighted by Gasteiger charge is -2.22. The van der Waals surface area contributed by atoms with Crippen molar-refractivity contribution in [2.45, 2.75) is 46.1 Å². The van der Waals surface area contributed by atoms with Crippen molar-refractivity contribution < 1.29 is 14.7 Å². The van der Waals surface area contributed by atoms with Gasteiger partial charge in [-0.2, -0.15) is 0 Å². The Bertz CT molecular complexity index is 523. The number of carboxylic acid groups (broad SMARTS) is 1. The van der Waals surface area contributed by atoms with E-state index in [9.17, 15) is 9.59 Å². The van der Waals surface area contributed by atoms with Gasteiger partial charge in [0.15, 0.2) is 0 Å². The number of rotatable bonds is 4. The standard InChI is InChI=1S/C15H21NO3S/c1-4-5-11-8-13(20-10(11)3)14(17)16-7-6-12(9(16)2)15(18)19/h8-9,12H,4-7H2,1-3H3,(H,18,19). The van der Waals surface area contributed by atoms with E-state index < -0.39 is 11.9 Å². The van der Waals surface area contributed by atoms with Crippen LogP contribution in [0.5, 0.6) is 0 Å². The van der Waals surface area contributed by atoms with Crippen LogP contribution in [0, 0.1) is 12.8 Å². The number of nitrogens with zero attached hydrogens (tertiary/aromatic N) is 1. The lowest BCUT2D eigenvalue weighted by molar-refractivity contribution is -0.142. The smallest absolute Gasteiger partial charge is 0.308 e. The van der Waals surface area contributed by atoms with E-state index in [-0.39, 0.29) is 11.9 Å². The molecule has 1 saturated heterocycles. The Morgan fingerprint density at radius 2 is 2.20 bits per heavy atom. The highest BCUT2D eigenvalue weighted by atomic mass is 32.1. The number of hydrogen-bond donors (Lipinski definition) is 1. The van der Waals surface area contributed by atoms with Crippen LogP contribution in [0.2, 0.25) is 0 Å². The van der Waals surface area contributed by atoms with Gasteiger partial charge >= 0.3 is 5.97 Å². The molecule has 20 heavy (non-hydrogen) atoms. The third-order valence-corrected chi connectivity index (χ3v) is 5.16. The molecule has 0 aromatic carbocycles. The van der Waals surface area contributed by atoms with Crippen molar-refractivity contribution in [1.82, 2.24) is 4.90 Å². The monoisotopic (exact) mass is 295 g/mol. The summed E-state index contributed by atoms with van der Waals surface area (Å²) in [5.41, 5.74) is 1.24. The van der Waals surface area contributed by atoms with Gasteiger partial charge in [0.05, 0.1) is 10.8 Å². The minimum Gasteiger partial charge on any atom is -0.481 e. The van der Waals surface area contributed by atoms with E-state index in [1.54, 1.807) is 4.90 Å². The van der Waals surface area contributed by atoms with Crippen molar-refractivity contribution >= 4 is 23.2 Å². The fraction of sp³-hybridized carbons (Fsp3) is 0.600. The highest BCUT2D eigenvalue weighted by Crippen LogP contribution is 2.29. The molecule has 2 rings (SSSR count). The number of aryl methyl sites for hydroxylation is 2. The number of amides is 1. The van der Waals surface area contributed by atoms with Crippen LogP contribution in [0.25, 0.3) is 0 Å². The summed E-state index contributed by atoms with van der Waals surface area (Å²) >= 11 is 1.52. The maximum atomic E-state index is 12.5. The minimum absolute atomic E-state index is 0.0169. The van der Waals surface area contributed by atoms with Crippen molar-refractivity contribution in [3.63, 3.8) is 0 Å². The lowest BCUT2D eigenvalue weighted by Crippen LogP contribution is -2.37. The average Bonchev–Trinajstić information content (AvgIpc) is 2.93. The predicted molar refractivity (Wildman–Crippen MR) is 79.3 cm³/mol. The van der Waals surface area contributed by atoms with Crippen LogP contribution in [0.1, 0.15) is 46.8 Å². The van der Waals surface area contributed by atoms with Gasteiger partial charge in [-0.15, -0.1) is 11.3 Å². The largest absolute Gasteiger partial charge is 0.481 e. The predicted octanol–water partition coefficient (Wildman–Crippen LogP) is 2.94. The Morgan fingerprint density at radius 3 is 2.75 bits per heavy atom. The molecule has 2 atom stereocenters. The van der Waals surface area contributed by atoms with Gasteiger partial charge in [0.25, 0.3) is 5.91 Å². The molecule has 4 nitrogen and oxygen atoms in total. The molecule has 5 heteroatoms. The Kier molecular flexibility index (Phi) is 4.48. The highest BCUT2D eigenvalue weighted by molar-refractivity contribution is 7.14. The average molecular weight is 295 g/mol. The summed E-state index contributed by atoms with van der Waals surface area (Å²) in [5.74, 6) is -1.26. The first kappa shape index (κ1) is 15.0. The number of likely N-dealkylation sites (tertiary alicyclic amines) is 1. The first-order valence-corrected chi connectivity index (χ1v) is 7.90. The SMILES string of the molecule is CCCc1cc(C(=O)N2CCC(C(=O)O)C2C)sc1C. The molecule has 0 spiro atoms. The second kappa shape index (κ2) is 5.95. The molecule has 2 unspecified atom stereocenters. The topological polar surface area (TPSA) is 57.6 Å². The normalized spacial score (nSPS) is 22.2. The van der Waals surface area contributed by atoms with Crippen molar-refractivity contribution in [3.8, 4) is 0 Å². The third kappa shape index (κ3) is 2.73. The summed E-state index contributed by atoms with van der Waals surface area (Å²) in [6.45, 7) is 6.53. The molecule has 1 fully saturated rings. The summed E-state index contributed by atoms with van der Waals surface area (Å²) in [6, 6.07) is 1.75. The minimum atomic E-state index is -0.804. The summed E-state index contributed by atoms with van der Waals surface area (Å²) in [4.78, 5) is 27.3. The Morgan fingerprint density at radius 1 is 1.50 bits per heavy atom. The number of carbonyl (C=O) groups is 2. The molecule has 1 aromatic heterocycles. The van der Waals surface area contributed by atoms with Crippen molar-refractivity contribution in [1.29, 1.82) is 0 Å². The zero-order valence-electron chi connectivity index (χ0n) is 12.2. The van der Waals surface area contributed by atoms with E-state index >= 15 is 0 Å². The van der Waals surface area contributed by atoms with Gasteiger partial charge < -0.3 is 10.0 Å². The highest BCUT2D eigenvalue weighted by Gasteiger charge is 2.38. The molecule has 2 heterocycles. The van der Waals surface area contributed by atoms with Crippen molar-refractivity contribution in [2.24, 2.45) is 5.92 Å². The Balaban J connectivity index is 2.16. The van der Waals surface area contributed by atoms with Gasteiger partial charge in [0.2, 0.25) is 0 Å². The van der Waals surface area contributed by atoms with Crippen LogP contribution in [-0.4, -0.2) is 34.5 Å². The van der Waals surface area contributed by atoms with E-state index in [2.05, 4.69) is 6.92 Å². The molecule has 0 saturated carbocycles. The molecule has 1 N–H and O–H groups in total. The third-order valence-electron chi connectivity index (χ3n) is 4.08. The van der Waals surface area contributed by atoms with Gasteiger partial charge in [-0.25, -0.2) is 0 Å². The van der Waals surface area contributed by atoms with E-state index in [0.717, 1.165) is 17.7 Å². The van der Waals surface area contributed by atoms with E-state index in [0.29, 0.717) is 13.0 Å². The van der Waals surface area contributed by atoms with E-state index in [1.165, 1.54) is 21.8 Å². The zero-order chi connectivity index (χ0) is 14.9. The maximum Gasteiger partial charge on any atom is 0.308 e. The molecule has 0 aliphatic carbocycles. The number of aliphatic carboxylic acids is 1. The molecular weight excluding hydrogens is 274 g/mol. The van der Waals surface area contributed by atoms with Gasteiger partial charge in [-0.1, -0.05) is 13.3 Å². The summed E-state index contributed by atoms with van der Waals surface area (Å²) in [5, 5.41) is 9.14. The second-order valence-electron chi connectivity index (χ2n) is 5.41. The van der Waals surface area contributed by atoms with Gasteiger partial charge in [-0.3, -0.25) is 9.59 Å². The molecular formula is C15H21NO3S. The van der Waals surface area contributed by atoms with Crippen molar-refractivity contribution in [3.05, 3.63) is 21.4 Å². The molecule has 0 bridgehead atoms.